The van der Waals surface area contributed by atoms with Crippen LogP contribution in [0.15, 0.2) is 30.3 Å². The van der Waals surface area contributed by atoms with Gasteiger partial charge in [-0.25, -0.2) is 8.42 Å². The average Bonchev–Trinajstić information content (AvgIpc) is 2.38. The summed E-state index contributed by atoms with van der Waals surface area (Å²) in [5, 5.41) is 2.86. The van der Waals surface area contributed by atoms with Crippen molar-refractivity contribution in [2.75, 3.05) is 10.6 Å². The number of hydrogen-bond donors (Lipinski definition) is 1. The minimum absolute atomic E-state index is 0.0298. The van der Waals surface area contributed by atoms with Gasteiger partial charge in [-0.05, 0) is 32.4 Å². The van der Waals surface area contributed by atoms with Crippen molar-refractivity contribution in [1.82, 2.24) is 5.32 Å². The van der Waals surface area contributed by atoms with Gasteiger partial charge in [0.15, 0.2) is 0 Å². The lowest BCUT2D eigenvalue weighted by Crippen LogP contribution is -2.49. The Morgan fingerprint density at radius 2 is 1.81 bits per heavy atom. The Balaban J connectivity index is 2.97. The van der Waals surface area contributed by atoms with Gasteiger partial charge in [0, 0.05) is 6.04 Å². The van der Waals surface area contributed by atoms with Crippen LogP contribution in [0.25, 0.3) is 0 Å². The number of sulfonamides is 1. The van der Waals surface area contributed by atoms with E-state index in [9.17, 15) is 13.2 Å². The molecule has 0 aliphatic rings. The number of anilines is 1. The van der Waals surface area contributed by atoms with Crippen LogP contribution in [0, 0.1) is 0 Å². The fourth-order valence-electron chi connectivity index (χ4n) is 2.25. The monoisotopic (exact) mass is 312 g/mol. The highest BCUT2D eigenvalue weighted by molar-refractivity contribution is 7.92. The summed E-state index contributed by atoms with van der Waals surface area (Å²) in [4.78, 5) is 12.3. The van der Waals surface area contributed by atoms with Crippen LogP contribution in [0.2, 0.25) is 0 Å². The fourth-order valence-corrected chi connectivity index (χ4v) is 3.43. The summed E-state index contributed by atoms with van der Waals surface area (Å²) in [7, 11) is -3.54. The SMILES string of the molecule is CCC[C@H](C)NC(=O)[C@@H](C)N(c1ccccc1)S(C)(=O)=O. The average molecular weight is 312 g/mol. The molecule has 0 unspecified atom stereocenters. The summed E-state index contributed by atoms with van der Waals surface area (Å²) in [6.07, 6.45) is 2.94. The van der Waals surface area contributed by atoms with E-state index in [-0.39, 0.29) is 11.9 Å². The first-order valence-electron chi connectivity index (χ1n) is 7.12. The Bertz CT molecular complexity index is 558. The topological polar surface area (TPSA) is 66.5 Å². The van der Waals surface area contributed by atoms with Crippen LogP contribution in [0.5, 0.6) is 0 Å². The standard InChI is InChI=1S/C15H24N2O3S/c1-5-9-12(2)16-15(18)13(3)17(21(4,19)20)14-10-7-6-8-11-14/h6-8,10-13H,5,9H2,1-4H3,(H,16,18)/t12-,13+/m0/s1. The molecule has 21 heavy (non-hydrogen) atoms. The molecule has 1 aromatic carbocycles. The van der Waals surface area contributed by atoms with Gasteiger partial charge < -0.3 is 5.32 Å². The van der Waals surface area contributed by atoms with Crippen LogP contribution in [0.1, 0.15) is 33.6 Å². The quantitative estimate of drug-likeness (QED) is 0.839. The molecule has 0 saturated heterocycles. The smallest absolute Gasteiger partial charge is 0.243 e. The van der Waals surface area contributed by atoms with Gasteiger partial charge in [-0.2, -0.15) is 0 Å². The summed E-state index contributed by atoms with van der Waals surface area (Å²) in [6, 6.07) is 7.90. The maximum absolute atomic E-state index is 12.3. The molecule has 0 fully saturated rings. The fraction of sp³-hybridized carbons (Fsp3) is 0.533. The molecule has 0 aliphatic carbocycles. The molecule has 0 aliphatic heterocycles. The predicted molar refractivity (Wildman–Crippen MR) is 85.7 cm³/mol. The first kappa shape index (κ1) is 17.5. The van der Waals surface area contributed by atoms with E-state index >= 15 is 0 Å². The van der Waals surface area contributed by atoms with Crippen LogP contribution >= 0.6 is 0 Å². The lowest BCUT2D eigenvalue weighted by atomic mass is 10.2. The van der Waals surface area contributed by atoms with Gasteiger partial charge >= 0.3 is 0 Å². The summed E-state index contributed by atoms with van der Waals surface area (Å²) in [5.41, 5.74) is 0.491. The van der Waals surface area contributed by atoms with Crippen molar-refractivity contribution in [3.63, 3.8) is 0 Å². The number of hydrogen-bond acceptors (Lipinski definition) is 3. The third kappa shape index (κ3) is 5.04. The summed E-state index contributed by atoms with van der Waals surface area (Å²) < 4.78 is 25.2. The highest BCUT2D eigenvalue weighted by atomic mass is 32.2. The molecule has 118 valence electrons. The van der Waals surface area contributed by atoms with Crippen molar-refractivity contribution in [3.05, 3.63) is 30.3 Å². The maximum Gasteiger partial charge on any atom is 0.243 e. The Labute approximate surface area is 127 Å². The van der Waals surface area contributed by atoms with E-state index in [0.717, 1.165) is 23.4 Å². The van der Waals surface area contributed by atoms with E-state index < -0.39 is 16.1 Å². The van der Waals surface area contributed by atoms with Crippen molar-refractivity contribution < 1.29 is 13.2 Å². The number of benzene rings is 1. The number of carbonyl (C=O) groups excluding carboxylic acids is 1. The van der Waals surface area contributed by atoms with E-state index in [1.165, 1.54) is 0 Å². The molecule has 6 heteroatoms. The lowest BCUT2D eigenvalue weighted by molar-refractivity contribution is -0.122. The number of nitrogens with zero attached hydrogens (tertiary/aromatic N) is 1. The second-order valence-corrected chi connectivity index (χ2v) is 7.13. The van der Waals surface area contributed by atoms with Crippen LogP contribution in [-0.2, 0) is 14.8 Å². The Hall–Kier alpha value is -1.56. The molecule has 5 nitrogen and oxygen atoms in total. The molecule has 0 bridgehead atoms. The molecule has 1 N–H and O–H groups in total. The Morgan fingerprint density at radius 3 is 2.29 bits per heavy atom. The molecule has 0 aromatic heterocycles. The van der Waals surface area contributed by atoms with Crippen LogP contribution < -0.4 is 9.62 Å². The maximum atomic E-state index is 12.3. The third-order valence-electron chi connectivity index (χ3n) is 3.21. The van der Waals surface area contributed by atoms with Gasteiger partial charge in [0.2, 0.25) is 15.9 Å². The van der Waals surface area contributed by atoms with Crippen molar-refractivity contribution >= 4 is 21.6 Å². The zero-order chi connectivity index (χ0) is 16.0. The van der Waals surface area contributed by atoms with E-state index in [4.69, 9.17) is 0 Å². The van der Waals surface area contributed by atoms with Crippen LogP contribution in [-0.4, -0.2) is 32.7 Å². The van der Waals surface area contributed by atoms with E-state index in [1.807, 2.05) is 13.8 Å². The second kappa shape index (κ2) is 7.45. The van der Waals surface area contributed by atoms with Gasteiger partial charge in [0.1, 0.15) is 6.04 Å². The largest absolute Gasteiger partial charge is 0.352 e. The molecule has 0 heterocycles. The van der Waals surface area contributed by atoms with Crippen LogP contribution in [0.4, 0.5) is 5.69 Å². The van der Waals surface area contributed by atoms with Crippen molar-refractivity contribution in [1.29, 1.82) is 0 Å². The number of nitrogens with one attached hydrogen (secondary N) is 1. The van der Waals surface area contributed by atoms with E-state index in [1.54, 1.807) is 37.3 Å². The molecule has 0 radical (unpaired) electrons. The number of rotatable bonds is 7. The van der Waals surface area contributed by atoms with Gasteiger partial charge in [-0.3, -0.25) is 9.10 Å². The molecule has 2 atom stereocenters. The minimum Gasteiger partial charge on any atom is -0.352 e. The predicted octanol–water partition coefficient (Wildman–Crippen LogP) is 2.15. The minimum atomic E-state index is -3.54. The molecule has 0 spiro atoms. The summed E-state index contributed by atoms with van der Waals surface area (Å²) >= 11 is 0. The molecule has 1 rings (SSSR count). The number of para-hydroxylation sites is 1. The first-order chi connectivity index (χ1) is 9.77. The summed E-state index contributed by atoms with van der Waals surface area (Å²) in [5.74, 6) is -0.287. The molecular weight excluding hydrogens is 288 g/mol. The molecule has 0 saturated carbocycles. The molecule has 1 aromatic rings. The third-order valence-corrected chi connectivity index (χ3v) is 4.45. The van der Waals surface area contributed by atoms with Gasteiger partial charge in [-0.1, -0.05) is 31.5 Å². The van der Waals surface area contributed by atoms with Gasteiger partial charge in [0.05, 0.1) is 11.9 Å². The van der Waals surface area contributed by atoms with E-state index in [2.05, 4.69) is 5.32 Å². The zero-order valence-corrected chi connectivity index (χ0v) is 13.9. The Kier molecular flexibility index (Phi) is 6.20. The van der Waals surface area contributed by atoms with Crippen molar-refractivity contribution in [2.24, 2.45) is 0 Å². The second-order valence-electron chi connectivity index (χ2n) is 5.27. The highest BCUT2D eigenvalue weighted by Gasteiger charge is 2.29. The van der Waals surface area contributed by atoms with Crippen LogP contribution in [0.3, 0.4) is 0 Å². The number of carbonyl (C=O) groups is 1. The molecular formula is C15H24N2O3S. The van der Waals surface area contributed by atoms with Crippen molar-refractivity contribution in [3.8, 4) is 0 Å². The normalized spacial score (nSPS) is 14.3. The number of amides is 1. The van der Waals surface area contributed by atoms with Gasteiger partial charge in [0.25, 0.3) is 0 Å². The van der Waals surface area contributed by atoms with Crippen molar-refractivity contribution in [2.45, 2.75) is 45.7 Å². The first-order valence-corrected chi connectivity index (χ1v) is 8.97. The summed E-state index contributed by atoms with van der Waals surface area (Å²) in [6.45, 7) is 5.56. The molecule has 1 amide bonds. The lowest BCUT2D eigenvalue weighted by Gasteiger charge is -2.29. The highest BCUT2D eigenvalue weighted by Crippen LogP contribution is 2.20. The zero-order valence-electron chi connectivity index (χ0n) is 13.0. The van der Waals surface area contributed by atoms with E-state index in [0.29, 0.717) is 5.69 Å². The van der Waals surface area contributed by atoms with Gasteiger partial charge in [-0.15, -0.1) is 0 Å². The Morgan fingerprint density at radius 1 is 1.24 bits per heavy atom.